The van der Waals surface area contributed by atoms with Crippen LogP contribution in [0.15, 0.2) is 72.0 Å². The quantitative estimate of drug-likeness (QED) is 0.345. The SMILES string of the molecule is Cc1ncc(Cl)cc1C(=O)NC1CCC(Cn2c(=O)n(-c3ccc(-n4nccn4)nc3)c3ccccc32)CC1. The van der Waals surface area contributed by atoms with Crippen molar-refractivity contribution in [2.45, 2.75) is 45.2 Å². The lowest BCUT2D eigenvalue weighted by Crippen LogP contribution is -2.39. The van der Waals surface area contributed by atoms with Crippen molar-refractivity contribution in [3.63, 3.8) is 0 Å². The average Bonchev–Trinajstić information content (AvgIpc) is 3.58. The molecule has 1 aliphatic rings. The molecule has 4 aromatic heterocycles. The summed E-state index contributed by atoms with van der Waals surface area (Å²) in [6.45, 7) is 2.42. The lowest BCUT2D eigenvalue weighted by atomic mass is 9.85. The van der Waals surface area contributed by atoms with E-state index in [9.17, 15) is 9.59 Å². The lowest BCUT2D eigenvalue weighted by molar-refractivity contribution is 0.0919. The molecule has 4 heterocycles. The van der Waals surface area contributed by atoms with E-state index >= 15 is 0 Å². The maximum absolute atomic E-state index is 13.7. The molecule has 198 valence electrons. The number of imidazole rings is 1. The Labute approximate surface area is 229 Å². The third kappa shape index (κ3) is 4.95. The van der Waals surface area contributed by atoms with Gasteiger partial charge in [-0.05, 0) is 68.9 Å². The van der Waals surface area contributed by atoms with Crippen LogP contribution in [0.2, 0.25) is 5.02 Å². The van der Waals surface area contributed by atoms with Gasteiger partial charge >= 0.3 is 5.69 Å². The zero-order valence-corrected chi connectivity index (χ0v) is 22.1. The number of nitrogens with zero attached hydrogens (tertiary/aromatic N) is 7. The van der Waals surface area contributed by atoms with E-state index in [1.165, 1.54) is 4.80 Å². The number of hydrogen-bond donors (Lipinski definition) is 1. The molecule has 0 spiro atoms. The number of nitrogens with one attached hydrogen (secondary N) is 1. The van der Waals surface area contributed by atoms with Crippen LogP contribution in [0.4, 0.5) is 0 Å². The van der Waals surface area contributed by atoms with Crippen molar-refractivity contribution in [1.29, 1.82) is 0 Å². The van der Waals surface area contributed by atoms with Crippen molar-refractivity contribution in [3.05, 3.63) is 94.0 Å². The van der Waals surface area contributed by atoms with Gasteiger partial charge in [-0.25, -0.2) is 9.78 Å². The number of fused-ring (bicyclic) bond motifs is 1. The summed E-state index contributed by atoms with van der Waals surface area (Å²) < 4.78 is 3.57. The third-order valence-corrected chi connectivity index (χ3v) is 7.58. The fourth-order valence-electron chi connectivity index (χ4n) is 5.35. The summed E-state index contributed by atoms with van der Waals surface area (Å²) in [4.78, 5) is 36.6. The lowest BCUT2D eigenvalue weighted by Gasteiger charge is -2.29. The minimum atomic E-state index is -0.145. The van der Waals surface area contributed by atoms with Crippen LogP contribution < -0.4 is 11.0 Å². The number of aryl methyl sites for hydroxylation is 1. The van der Waals surface area contributed by atoms with E-state index in [2.05, 4.69) is 25.5 Å². The van der Waals surface area contributed by atoms with Crippen molar-refractivity contribution >= 4 is 28.5 Å². The summed E-state index contributed by atoms with van der Waals surface area (Å²) in [6.07, 6.45) is 9.92. The van der Waals surface area contributed by atoms with Crippen LogP contribution in [0.25, 0.3) is 22.5 Å². The van der Waals surface area contributed by atoms with E-state index in [1.807, 2.05) is 34.9 Å². The largest absolute Gasteiger partial charge is 0.349 e. The molecule has 1 saturated carbocycles. The van der Waals surface area contributed by atoms with Crippen LogP contribution in [-0.2, 0) is 6.54 Å². The minimum absolute atomic E-state index is 0.0825. The molecule has 0 atom stereocenters. The average molecular weight is 543 g/mol. The zero-order valence-electron chi connectivity index (χ0n) is 21.4. The summed E-state index contributed by atoms with van der Waals surface area (Å²) in [5.41, 5.74) is 3.47. The molecular formula is C28H27ClN8O2. The van der Waals surface area contributed by atoms with Gasteiger partial charge in [0.25, 0.3) is 5.91 Å². The van der Waals surface area contributed by atoms with Crippen LogP contribution in [0.3, 0.4) is 0 Å². The monoisotopic (exact) mass is 542 g/mol. The fraction of sp³-hybridized carbons (Fsp3) is 0.286. The normalized spacial score (nSPS) is 17.4. The Morgan fingerprint density at radius 3 is 2.46 bits per heavy atom. The Morgan fingerprint density at radius 2 is 1.74 bits per heavy atom. The number of rotatable bonds is 6. The Bertz CT molecular complexity index is 1680. The number of hydrogen-bond acceptors (Lipinski definition) is 6. The highest BCUT2D eigenvalue weighted by Gasteiger charge is 2.25. The van der Waals surface area contributed by atoms with Crippen molar-refractivity contribution in [1.82, 2.24) is 39.4 Å². The van der Waals surface area contributed by atoms with Gasteiger partial charge in [-0.1, -0.05) is 23.7 Å². The molecule has 1 aromatic carbocycles. The van der Waals surface area contributed by atoms with Gasteiger partial charge in [0.05, 0.1) is 51.6 Å². The Hall–Kier alpha value is -4.31. The number of pyridine rings is 2. The molecule has 0 unspecified atom stereocenters. The predicted octanol–water partition coefficient (Wildman–Crippen LogP) is 4.11. The first-order chi connectivity index (χ1) is 19.0. The summed E-state index contributed by atoms with van der Waals surface area (Å²) in [5.74, 6) is 0.760. The minimum Gasteiger partial charge on any atom is -0.349 e. The van der Waals surface area contributed by atoms with Crippen molar-refractivity contribution < 1.29 is 4.79 Å². The second-order valence-electron chi connectivity index (χ2n) is 9.89. The molecule has 1 amide bonds. The van der Waals surface area contributed by atoms with Crippen molar-refractivity contribution in [2.75, 3.05) is 0 Å². The van der Waals surface area contributed by atoms with E-state index < -0.39 is 0 Å². The summed E-state index contributed by atoms with van der Waals surface area (Å²) >= 11 is 6.04. The Kier molecular flexibility index (Phi) is 6.70. The highest BCUT2D eigenvalue weighted by atomic mass is 35.5. The van der Waals surface area contributed by atoms with Gasteiger partial charge in [0.2, 0.25) is 0 Å². The molecule has 0 saturated heterocycles. The summed E-state index contributed by atoms with van der Waals surface area (Å²) in [5, 5.41) is 11.8. The van der Waals surface area contributed by atoms with Gasteiger partial charge in [0, 0.05) is 18.8 Å². The molecule has 1 fully saturated rings. The molecule has 5 aromatic rings. The smallest absolute Gasteiger partial charge is 0.333 e. The van der Waals surface area contributed by atoms with Gasteiger partial charge in [-0.2, -0.15) is 10.2 Å². The molecule has 39 heavy (non-hydrogen) atoms. The summed E-state index contributed by atoms with van der Waals surface area (Å²) in [6, 6.07) is 13.2. The molecule has 1 aliphatic carbocycles. The third-order valence-electron chi connectivity index (χ3n) is 7.37. The first-order valence-corrected chi connectivity index (χ1v) is 13.3. The standard InChI is InChI=1S/C28H27ClN8O2/c1-18-23(14-20(29)15-30-18)27(38)34-21-8-6-19(7-9-21)17-35-24-4-2-3-5-25(24)36(28(35)39)22-10-11-26(31-16-22)37-32-12-13-33-37/h2-5,10-16,19,21H,6-9,17H2,1H3,(H,34,38). The summed E-state index contributed by atoms with van der Waals surface area (Å²) in [7, 11) is 0. The molecule has 0 aliphatic heterocycles. The molecule has 1 N–H and O–H groups in total. The van der Waals surface area contributed by atoms with Crippen molar-refractivity contribution in [3.8, 4) is 11.5 Å². The van der Waals surface area contributed by atoms with Crippen LogP contribution in [-0.4, -0.2) is 46.0 Å². The second kappa shape index (κ2) is 10.5. The van der Waals surface area contributed by atoms with Crippen LogP contribution >= 0.6 is 11.6 Å². The van der Waals surface area contributed by atoms with E-state index in [1.54, 1.807) is 48.4 Å². The maximum atomic E-state index is 13.7. The highest BCUT2D eigenvalue weighted by molar-refractivity contribution is 6.30. The van der Waals surface area contributed by atoms with E-state index in [0.717, 1.165) is 36.7 Å². The van der Waals surface area contributed by atoms with Gasteiger partial charge in [-0.15, -0.1) is 4.80 Å². The number of para-hydroxylation sites is 2. The highest BCUT2D eigenvalue weighted by Crippen LogP contribution is 2.28. The number of amides is 1. The number of benzene rings is 1. The molecule has 0 bridgehead atoms. The Morgan fingerprint density at radius 1 is 1.00 bits per heavy atom. The molecule has 0 radical (unpaired) electrons. The zero-order chi connectivity index (χ0) is 26.9. The van der Waals surface area contributed by atoms with Crippen LogP contribution in [0.5, 0.6) is 0 Å². The van der Waals surface area contributed by atoms with E-state index in [-0.39, 0.29) is 17.6 Å². The van der Waals surface area contributed by atoms with E-state index in [4.69, 9.17) is 11.6 Å². The first kappa shape index (κ1) is 25.0. The predicted molar refractivity (Wildman–Crippen MR) is 147 cm³/mol. The Balaban J connectivity index is 1.18. The number of halogens is 1. The first-order valence-electron chi connectivity index (χ1n) is 12.9. The van der Waals surface area contributed by atoms with Gasteiger partial charge < -0.3 is 5.32 Å². The fourth-order valence-corrected chi connectivity index (χ4v) is 5.50. The van der Waals surface area contributed by atoms with Crippen molar-refractivity contribution in [2.24, 2.45) is 5.92 Å². The van der Waals surface area contributed by atoms with Crippen LogP contribution in [0, 0.1) is 12.8 Å². The molecule has 11 heteroatoms. The molecular weight excluding hydrogens is 516 g/mol. The van der Waals surface area contributed by atoms with Crippen LogP contribution in [0.1, 0.15) is 41.7 Å². The molecule has 6 rings (SSSR count). The van der Waals surface area contributed by atoms with Gasteiger partial charge in [0.15, 0.2) is 5.82 Å². The number of aromatic nitrogens is 7. The van der Waals surface area contributed by atoms with Gasteiger partial charge in [0.1, 0.15) is 0 Å². The topological polar surface area (TPSA) is 113 Å². The van der Waals surface area contributed by atoms with Gasteiger partial charge in [-0.3, -0.25) is 18.9 Å². The second-order valence-corrected chi connectivity index (χ2v) is 10.3. The maximum Gasteiger partial charge on any atom is 0.333 e. The number of carbonyl (C=O) groups is 1. The number of carbonyl (C=O) groups excluding carboxylic acids is 1. The van der Waals surface area contributed by atoms with E-state index in [0.29, 0.717) is 40.2 Å². The molecule has 10 nitrogen and oxygen atoms in total.